The summed E-state index contributed by atoms with van der Waals surface area (Å²) in [7, 11) is 0. The van der Waals surface area contributed by atoms with E-state index in [1.54, 1.807) is 6.20 Å². The average molecular weight is 283 g/mol. The van der Waals surface area contributed by atoms with Crippen molar-refractivity contribution in [2.75, 3.05) is 23.3 Å². The van der Waals surface area contributed by atoms with Crippen LogP contribution in [0.3, 0.4) is 0 Å². The van der Waals surface area contributed by atoms with E-state index in [1.165, 1.54) is 18.4 Å². The van der Waals surface area contributed by atoms with Crippen molar-refractivity contribution in [2.24, 2.45) is 5.92 Å². The predicted octanol–water partition coefficient (Wildman–Crippen LogP) is 3.16. The molecule has 1 aromatic heterocycles. The van der Waals surface area contributed by atoms with Crippen molar-refractivity contribution in [3.8, 4) is 0 Å². The third-order valence-corrected chi connectivity index (χ3v) is 3.96. The number of hydrogen-bond acceptors (Lipinski definition) is 5. The number of benzene rings is 1. The van der Waals surface area contributed by atoms with Crippen LogP contribution in [0.2, 0.25) is 0 Å². The van der Waals surface area contributed by atoms with Crippen LogP contribution in [0.1, 0.15) is 25.3 Å². The number of rotatable bonds is 3. The molecule has 1 N–H and O–H groups in total. The van der Waals surface area contributed by atoms with Crippen molar-refractivity contribution < 1.29 is 0 Å². The van der Waals surface area contributed by atoms with E-state index in [4.69, 9.17) is 0 Å². The average Bonchev–Trinajstić information content (AvgIpc) is 2.51. The van der Waals surface area contributed by atoms with Crippen molar-refractivity contribution in [3.05, 3.63) is 36.0 Å². The molecule has 5 nitrogen and oxygen atoms in total. The summed E-state index contributed by atoms with van der Waals surface area (Å²) < 4.78 is 0. The molecule has 0 atom stereocenters. The van der Waals surface area contributed by atoms with Gasteiger partial charge >= 0.3 is 0 Å². The Balaban J connectivity index is 1.72. The van der Waals surface area contributed by atoms with E-state index < -0.39 is 0 Å². The maximum absolute atomic E-state index is 4.58. The molecular weight excluding hydrogens is 262 g/mol. The molecule has 3 rings (SSSR count). The van der Waals surface area contributed by atoms with E-state index >= 15 is 0 Å². The zero-order chi connectivity index (χ0) is 14.7. The minimum absolute atomic E-state index is 0.551. The van der Waals surface area contributed by atoms with Crippen molar-refractivity contribution in [3.63, 3.8) is 0 Å². The van der Waals surface area contributed by atoms with Crippen LogP contribution >= 0.6 is 0 Å². The molecule has 1 aliphatic rings. The first-order valence-corrected chi connectivity index (χ1v) is 7.49. The Morgan fingerprint density at radius 1 is 1.14 bits per heavy atom. The molecular formula is C16H21N5. The first-order valence-electron chi connectivity index (χ1n) is 7.49. The molecule has 110 valence electrons. The summed E-state index contributed by atoms with van der Waals surface area (Å²) in [6.07, 6.45) is 4.17. The van der Waals surface area contributed by atoms with Crippen LogP contribution < -0.4 is 10.2 Å². The second-order valence-corrected chi connectivity index (χ2v) is 5.80. The first kappa shape index (κ1) is 13.8. The van der Waals surface area contributed by atoms with Crippen LogP contribution in [-0.4, -0.2) is 28.3 Å². The van der Waals surface area contributed by atoms with Crippen LogP contribution in [-0.2, 0) is 0 Å². The summed E-state index contributed by atoms with van der Waals surface area (Å²) in [6, 6.07) is 8.17. The SMILES string of the molecule is Cc1ccc(Nc2nncc(N3CCC(C)CC3)n2)cc1. The Labute approximate surface area is 125 Å². The Morgan fingerprint density at radius 2 is 1.86 bits per heavy atom. The zero-order valence-corrected chi connectivity index (χ0v) is 12.6. The van der Waals surface area contributed by atoms with Crippen molar-refractivity contribution >= 4 is 17.5 Å². The maximum Gasteiger partial charge on any atom is 0.249 e. The quantitative estimate of drug-likeness (QED) is 0.937. The number of piperidine rings is 1. The van der Waals surface area contributed by atoms with E-state index in [2.05, 4.69) is 51.4 Å². The van der Waals surface area contributed by atoms with Crippen molar-refractivity contribution in [1.82, 2.24) is 15.2 Å². The van der Waals surface area contributed by atoms with Crippen LogP contribution in [0.25, 0.3) is 0 Å². The molecule has 2 aromatic rings. The van der Waals surface area contributed by atoms with Crippen molar-refractivity contribution in [2.45, 2.75) is 26.7 Å². The summed E-state index contributed by atoms with van der Waals surface area (Å²) >= 11 is 0. The van der Waals surface area contributed by atoms with Crippen LogP contribution in [0, 0.1) is 12.8 Å². The second kappa shape index (κ2) is 6.08. The number of hydrogen-bond donors (Lipinski definition) is 1. The molecule has 2 heterocycles. The van der Waals surface area contributed by atoms with Gasteiger partial charge in [-0.1, -0.05) is 24.6 Å². The zero-order valence-electron chi connectivity index (χ0n) is 12.6. The standard InChI is InChI=1S/C16H21N5/c1-12-3-5-14(6-4-12)18-16-19-15(11-17-20-16)21-9-7-13(2)8-10-21/h3-6,11,13H,7-10H2,1-2H3,(H,18,19,20). The molecule has 1 aliphatic heterocycles. The monoisotopic (exact) mass is 283 g/mol. The van der Waals surface area contributed by atoms with Gasteiger partial charge in [0, 0.05) is 18.8 Å². The number of nitrogens with zero attached hydrogens (tertiary/aromatic N) is 4. The molecule has 1 saturated heterocycles. The van der Waals surface area contributed by atoms with Crippen LogP contribution in [0.15, 0.2) is 30.5 Å². The molecule has 0 radical (unpaired) electrons. The van der Waals surface area contributed by atoms with Gasteiger partial charge in [0.25, 0.3) is 0 Å². The molecule has 0 spiro atoms. The van der Waals surface area contributed by atoms with Gasteiger partial charge in [0.15, 0.2) is 5.82 Å². The Morgan fingerprint density at radius 3 is 2.57 bits per heavy atom. The van der Waals surface area contributed by atoms with Gasteiger partial charge < -0.3 is 10.2 Å². The third-order valence-electron chi connectivity index (χ3n) is 3.96. The maximum atomic E-state index is 4.58. The summed E-state index contributed by atoms with van der Waals surface area (Å²) in [5, 5.41) is 11.4. The molecule has 5 heteroatoms. The summed E-state index contributed by atoms with van der Waals surface area (Å²) in [6.45, 7) is 6.47. The van der Waals surface area contributed by atoms with Gasteiger partial charge in [-0.25, -0.2) is 0 Å². The number of anilines is 3. The Hall–Kier alpha value is -2.17. The van der Waals surface area contributed by atoms with Crippen LogP contribution in [0.5, 0.6) is 0 Å². The smallest absolute Gasteiger partial charge is 0.249 e. The summed E-state index contributed by atoms with van der Waals surface area (Å²) in [5.74, 6) is 2.27. The van der Waals surface area contributed by atoms with Gasteiger partial charge in [0.1, 0.15) is 0 Å². The van der Waals surface area contributed by atoms with Gasteiger partial charge in [0.05, 0.1) is 6.20 Å². The lowest BCUT2D eigenvalue weighted by molar-refractivity contribution is 0.436. The minimum atomic E-state index is 0.551. The molecule has 1 aromatic carbocycles. The van der Waals surface area contributed by atoms with Gasteiger partial charge in [-0.3, -0.25) is 0 Å². The van der Waals surface area contributed by atoms with Gasteiger partial charge in [-0.15, -0.1) is 5.10 Å². The fourth-order valence-corrected chi connectivity index (χ4v) is 2.50. The number of aryl methyl sites for hydroxylation is 1. The second-order valence-electron chi connectivity index (χ2n) is 5.80. The number of nitrogens with one attached hydrogen (secondary N) is 1. The molecule has 0 amide bonds. The van der Waals surface area contributed by atoms with Gasteiger partial charge in [0.2, 0.25) is 5.95 Å². The largest absolute Gasteiger partial charge is 0.355 e. The normalized spacial score (nSPS) is 16.0. The molecule has 1 fully saturated rings. The molecule has 0 bridgehead atoms. The third kappa shape index (κ3) is 3.48. The number of aromatic nitrogens is 3. The van der Waals surface area contributed by atoms with E-state index in [-0.39, 0.29) is 0 Å². The first-order chi connectivity index (χ1) is 10.2. The molecule has 0 saturated carbocycles. The molecule has 21 heavy (non-hydrogen) atoms. The van der Waals surface area contributed by atoms with E-state index in [9.17, 15) is 0 Å². The minimum Gasteiger partial charge on any atom is -0.355 e. The highest BCUT2D eigenvalue weighted by Gasteiger charge is 2.17. The van der Waals surface area contributed by atoms with Crippen molar-refractivity contribution in [1.29, 1.82) is 0 Å². The van der Waals surface area contributed by atoms with Gasteiger partial charge in [-0.05, 0) is 37.8 Å². The lowest BCUT2D eigenvalue weighted by Gasteiger charge is -2.30. The Kier molecular flexibility index (Phi) is 3.99. The topological polar surface area (TPSA) is 53.9 Å². The van der Waals surface area contributed by atoms with Crippen LogP contribution in [0.4, 0.5) is 17.5 Å². The van der Waals surface area contributed by atoms with E-state index in [0.717, 1.165) is 30.5 Å². The van der Waals surface area contributed by atoms with E-state index in [0.29, 0.717) is 5.95 Å². The predicted molar refractivity (Wildman–Crippen MR) is 84.9 cm³/mol. The lowest BCUT2D eigenvalue weighted by atomic mass is 9.99. The molecule has 0 aliphatic carbocycles. The summed E-state index contributed by atoms with van der Waals surface area (Å²) in [4.78, 5) is 6.87. The highest BCUT2D eigenvalue weighted by molar-refractivity contribution is 5.54. The van der Waals surface area contributed by atoms with E-state index in [1.807, 2.05) is 12.1 Å². The Bertz CT molecular complexity index is 588. The summed E-state index contributed by atoms with van der Waals surface area (Å²) in [5.41, 5.74) is 2.21. The highest BCUT2D eigenvalue weighted by Crippen LogP contribution is 2.22. The van der Waals surface area contributed by atoms with Gasteiger partial charge in [-0.2, -0.15) is 10.1 Å². The molecule has 0 unspecified atom stereocenters. The fraction of sp³-hybridized carbons (Fsp3) is 0.438. The lowest BCUT2D eigenvalue weighted by Crippen LogP contribution is -2.33. The fourth-order valence-electron chi connectivity index (χ4n) is 2.50. The highest BCUT2D eigenvalue weighted by atomic mass is 15.3.